The van der Waals surface area contributed by atoms with Crippen molar-refractivity contribution in [2.45, 2.75) is 19.4 Å². The van der Waals surface area contributed by atoms with E-state index in [9.17, 15) is 13.9 Å². The van der Waals surface area contributed by atoms with Crippen molar-refractivity contribution < 1.29 is 13.9 Å². The van der Waals surface area contributed by atoms with Crippen LogP contribution in [-0.4, -0.2) is 10.1 Å². The van der Waals surface area contributed by atoms with Crippen LogP contribution in [0.15, 0.2) is 36.5 Å². The minimum Gasteiger partial charge on any atom is -0.386 e. The van der Waals surface area contributed by atoms with Crippen molar-refractivity contribution in [2.24, 2.45) is 0 Å². The number of rotatable bonds is 3. The van der Waals surface area contributed by atoms with Crippen molar-refractivity contribution in [3.63, 3.8) is 0 Å². The zero-order valence-corrected chi connectivity index (χ0v) is 9.90. The normalized spacial score (nSPS) is 12.4. The monoisotopic (exact) mass is 249 g/mol. The molecule has 0 bridgehead atoms. The average molecular weight is 249 g/mol. The predicted octanol–water partition coefficient (Wildman–Crippen LogP) is 2.94. The van der Waals surface area contributed by atoms with Gasteiger partial charge in [0, 0.05) is 12.6 Å². The Kier molecular flexibility index (Phi) is 3.67. The number of aromatic nitrogens is 1. The van der Waals surface area contributed by atoms with Crippen LogP contribution in [0.4, 0.5) is 8.78 Å². The summed E-state index contributed by atoms with van der Waals surface area (Å²) in [6, 6.07) is 7.02. The SMILES string of the molecule is Cc1cc(F)ccc1CC(O)c1ncccc1F. The highest BCUT2D eigenvalue weighted by molar-refractivity contribution is 5.28. The first kappa shape index (κ1) is 12.6. The zero-order valence-electron chi connectivity index (χ0n) is 9.90. The van der Waals surface area contributed by atoms with Gasteiger partial charge in [-0.1, -0.05) is 6.07 Å². The molecule has 2 aromatic rings. The summed E-state index contributed by atoms with van der Waals surface area (Å²) in [7, 11) is 0. The van der Waals surface area contributed by atoms with Crippen molar-refractivity contribution in [1.82, 2.24) is 4.98 Å². The molecule has 1 aromatic carbocycles. The lowest BCUT2D eigenvalue weighted by Crippen LogP contribution is -2.07. The molecule has 1 atom stereocenters. The van der Waals surface area contributed by atoms with Gasteiger partial charge in [0.2, 0.25) is 0 Å². The number of benzene rings is 1. The molecule has 1 N–H and O–H groups in total. The molecule has 2 rings (SSSR count). The van der Waals surface area contributed by atoms with Crippen molar-refractivity contribution >= 4 is 0 Å². The molecule has 0 spiro atoms. The van der Waals surface area contributed by atoms with Crippen LogP contribution in [0.3, 0.4) is 0 Å². The van der Waals surface area contributed by atoms with Crippen LogP contribution in [0, 0.1) is 18.6 Å². The number of aliphatic hydroxyl groups is 1. The summed E-state index contributed by atoms with van der Waals surface area (Å²) in [4.78, 5) is 3.82. The fourth-order valence-corrected chi connectivity index (χ4v) is 1.84. The third-order valence-corrected chi connectivity index (χ3v) is 2.82. The maximum atomic E-state index is 13.4. The molecular formula is C14H13F2NO. The van der Waals surface area contributed by atoms with Gasteiger partial charge < -0.3 is 5.11 Å². The van der Waals surface area contributed by atoms with Crippen LogP contribution in [0.2, 0.25) is 0 Å². The van der Waals surface area contributed by atoms with Gasteiger partial charge in [-0.15, -0.1) is 0 Å². The van der Waals surface area contributed by atoms with E-state index in [4.69, 9.17) is 0 Å². The standard InChI is InChI=1S/C14H13F2NO/c1-9-7-11(15)5-4-10(9)8-13(18)14-12(16)3-2-6-17-14/h2-7,13,18H,8H2,1H3. The number of nitrogens with zero attached hydrogens (tertiary/aromatic N) is 1. The predicted molar refractivity (Wildman–Crippen MR) is 64.0 cm³/mol. The number of halogens is 2. The first-order valence-corrected chi connectivity index (χ1v) is 5.61. The third-order valence-electron chi connectivity index (χ3n) is 2.82. The second kappa shape index (κ2) is 5.23. The lowest BCUT2D eigenvalue weighted by atomic mass is 10.0. The first-order chi connectivity index (χ1) is 8.58. The topological polar surface area (TPSA) is 33.1 Å². The van der Waals surface area contributed by atoms with Gasteiger partial charge in [-0.25, -0.2) is 8.78 Å². The fraction of sp³-hybridized carbons (Fsp3) is 0.214. The summed E-state index contributed by atoms with van der Waals surface area (Å²) in [5, 5.41) is 9.95. The minimum absolute atomic E-state index is 0.0150. The maximum Gasteiger partial charge on any atom is 0.147 e. The van der Waals surface area contributed by atoms with Crippen molar-refractivity contribution in [3.05, 3.63) is 65.0 Å². The number of aryl methyl sites for hydroxylation is 1. The Balaban J connectivity index is 2.21. The van der Waals surface area contributed by atoms with Gasteiger partial charge in [0.25, 0.3) is 0 Å². The van der Waals surface area contributed by atoms with E-state index in [-0.39, 0.29) is 17.9 Å². The van der Waals surface area contributed by atoms with E-state index in [1.165, 1.54) is 30.5 Å². The van der Waals surface area contributed by atoms with E-state index < -0.39 is 11.9 Å². The van der Waals surface area contributed by atoms with Gasteiger partial charge in [0.05, 0.1) is 0 Å². The Morgan fingerprint density at radius 2 is 2.06 bits per heavy atom. The molecule has 0 aliphatic heterocycles. The highest BCUT2D eigenvalue weighted by Crippen LogP contribution is 2.21. The van der Waals surface area contributed by atoms with E-state index in [0.29, 0.717) is 0 Å². The van der Waals surface area contributed by atoms with Crippen LogP contribution in [0.1, 0.15) is 22.9 Å². The maximum absolute atomic E-state index is 13.4. The summed E-state index contributed by atoms with van der Waals surface area (Å²) in [6.07, 6.45) is 0.606. The number of hydrogen-bond donors (Lipinski definition) is 1. The third kappa shape index (κ3) is 2.71. The summed E-state index contributed by atoms with van der Waals surface area (Å²) >= 11 is 0. The molecular weight excluding hydrogens is 236 g/mol. The molecule has 0 amide bonds. The van der Waals surface area contributed by atoms with Gasteiger partial charge in [-0.05, 0) is 42.3 Å². The fourth-order valence-electron chi connectivity index (χ4n) is 1.84. The van der Waals surface area contributed by atoms with E-state index in [1.807, 2.05) is 0 Å². The average Bonchev–Trinajstić information content (AvgIpc) is 2.33. The molecule has 4 heteroatoms. The van der Waals surface area contributed by atoms with Crippen molar-refractivity contribution in [3.8, 4) is 0 Å². The number of hydrogen-bond acceptors (Lipinski definition) is 2. The summed E-state index contributed by atoms with van der Waals surface area (Å²) < 4.78 is 26.4. The number of aliphatic hydroxyl groups excluding tert-OH is 1. The largest absolute Gasteiger partial charge is 0.386 e. The van der Waals surface area contributed by atoms with Crippen LogP contribution in [0.25, 0.3) is 0 Å². The molecule has 18 heavy (non-hydrogen) atoms. The van der Waals surface area contributed by atoms with Gasteiger partial charge in [0.1, 0.15) is 23.4 Å². The molecule has 0 saturated heterocycles. The lowest BCUT2D eigenvalue weighted by Gasteiger charge is -2.12. The molecule has 0 saturated carbocycles. The van der Waals surface area contributed by atoms with Gasteiger partial charge in [0.15, 0.2) is 0 Å². The molecule has 0 fully saturated rings. The Morgan fingerprint density at radius 1 is 1.28 bits per heavy atom. The van der Waals surface area contributed by atoms with Crippen LogP contribution in [-0.2, 0) is 6.42 Å². The molecule has 0 radical (unpaired) electrons. The van der Waals surface area contributed by atoms with E-state index >= 15 is 0 Å². The Morgan fingerprint density at radius 3 is 2.72 bits per heavy atom. The second-order valence-corrected chi connectivity index (χ2v) is 4.16. The molecule has 1 unspecified atom stereocenters. The molecule has 94 valence electrons. The Labute approximate surface area is 104 Å². The molecule has 2 nitrogen and oxygen atoms in total. The Hall–Kier alpha value is -1.81. The quantitative estimate of drug-likeness (QED) is 0.907. The zero-order chi connectivity index (χ0) is 13.1. The highest BCUT2D eigenvalue weighted by Gasteiger charge is 2.15. The van der Waals surface area contributed by atoms with Crippen molar-refractivity contribution in [2.75, 3.05) is 0 Å². The van der Waals surface area contributed by atoms with Crippen LogP contribution in [0.5, 0.6) is 0 Å². The summed E-state index contributed by atoms with van der Waals surface area (Å²) in [6.45, 7) is 1.75. The summed E-state index contributed by atoms with van der Waals surface area (Å²) in [5.74, 6) is -0.862. The molecule has 0 aliphatic rings. The van der Waals surface area contributed by atoms with Gasteiger partial charge in [-0.3, -0.25) is 4.98 Å². The Bertz CT molecular complexity index is 557. The van der Waals surface area contributed by atoms with Crippen molar-refractivity contribution in [1.29, 1.82) is 0 Å². The lowest BCUT2D eigenvalue weighted by molar-refractivity contribution is 0.168. The molecule has 1 aromatic heterocycles. The van der Waals surface area contributed by atoms with Gasteiger partial charge in [-0.2, -0.15) is 0 Å². The molecule has 1 heterocycles. The smallest absolute Gasteiger partial charge is 0.147 e. The van der Waals surface area contributed by atoms with E-state index in [1.54, 1.807) is 13.0 Å². The van der Waals surface area contributed by atoms with Crippen LogP contribution < -0.4 is 0 Å². The van der Waals surface area contributed by atoms with Gasteiger partial charge >= 0.3 is 0 Å². The second-order valence-electron chi connectivity index (χ2n) is 4.16. The molecule has 0 aliphatic carbocycles. The minimum atomic E-state index is -1.03. The van der Waals surface area contributed by atoms with E-state index in [0.717, 1.165) is 11.1 Å². The highest BCUT2D eigenvalue weighted by atomic mass is 19.1. The first-order valence-electron chi connectivity index (χ1n) is 5.61. The number of pyridine rings is 1. The summed E-state index contributed by atoms with van der Waals surface area (Å²) in [5.41, 5.74) is 1.51. The van der Waals surface area contributed by atoms with E-state index in [2.05, 4.69) is 4.98 Å². The van der Waals surface area contributed by atoms with Crippen LogP contribution >= 0.6 is 0 Å².